The molecule has 1 atom stereocenters. The lowest BCUT2D eigenvalue weighted by atomic mass is 10.1. The van der Waals surface area contributed by atoms with E-state index in [2.05, 4.69) is 15.4 Å². The predicted octanol–water partition coefficient (Wildman–Crippen LogP) is 2.46. The van der Waals surface area contributed by atoms with Crippen molar-refractivity contribution in [2.75, 3.05) is 6.54 Å². The molecule has 4 rings (SSSR count). The molecule has 1 aliphatic rings. The number of likely N-dealkylation sites (tertiary alicyclic amines) is 1. The average Bonchev–Trinajstić information content (AvgIpc) is 3.50. The van der Waals surface area contributed by atoms with Crippen LogP contribution in [-0.4, -0.2) is 49.0 Å². The summed E-state index contributed by atoms with van der Waals surface area (Å²) in [6, 6.07) is 11.5. The molecule has 10 heteroatoms. The Labute approximate surface area is 190 Å². The first kappa shape index (κ1) is 22.1. The van der Waals surface area contributed by atoms with Crippen LogP contribution >= 0.6 is 0 Å². The molecule has 170 valence electrons. The summed E-state index contributed by atoms with van der Waals surface area (Å²) in [5.41, 5.74) is 2.70. The van der Waals surface area contributed by atoms with E-state index in [9.17, 15) is 19.7 Å². The third-order valence-electron chi connectivity index (χ3n) is 5.83. The first-order valence-electron chi connectivity index (χ1n) is 10.7. The molecule has 1 aromatic heterocycles. The standard InChI is InChI=1S/C23H24N6O4/c1-16-11-17(8-9-20(16)29(32)33)23(31)28-10-4-7-21(28)22(30)25-12-18-5-2-3-6-19(18)13-27-15-24-14-26-27/h2-3,5-6,8-9,11,14-15,21H,4,7,10,12-13H2,1H3,(H,25,30). The minimum atomic E-state index is -0.574. The molecule has 0 bridgehead atoms. The average molecular weight is 448 g/mol. The summed E-state index contributed by atoms with van der Waals surface area (Å²) >= 11 is 0. The highest BCUT2D eigenvalue weighted by Crippen LogP contribution is 2.24. The highest BCUT2D eigenvalue weighted by molar-refractivity contribution is 5.98. The third-order valence-corrected chi connectivity index (χ3v) is 5.83. The number of hydrogen-bond acceptors (Lipinski definition) is 6. The van der Waals surface area contributed by atoms with E-state index in [0.29, 0.717) is 37.2 Å². The molecule has 33 heavy (non-hydrogen) atoms. The normalized spacial score (nSPS) is 15.4. The van der Waals surface area contributed by atoms with Crippen LogP contribution in [0.3, 0.4) is 0 Å². The van der Waals surface area contributed by atoms with Gasteiger partial charge in [0.25, 0.3) is 11.6 Å². The van der Waals surface area contributed by atoms with E-state index in [4.69, 9.17) is 0 Å². The van der Waals surface area contributed by atoms with Crippen molar-refractivity contribution in [3.05, 3.63) is 87.5 Å². The molecule has 0 aliphatic carbocycles. The van der Waals surface area contributed by atoms with Gasteiger partial charge in [-0.2, -0.15) is 5.10 Å². The third kappa shape index (κ3) is 4.89. The molecule has 2 aromatic carbocycles. The van der Waals surface area contributed by atoms with Gasteiger partial charge < -0.3 is 10.2 Å². The van der Waals surface area contributed by atoms with E-state index in [1.165, 1.54) is 24.5 Å². The fourth-order valence-corrected chi connectivity index (χ4v) is 4.11. The van der Waals surface area contributed by atoms with Crippen LogP contribution in [0, 0.1) is 17.0 Å². The van der Waals surface area contributed by atoms with Gasteiger partial charge in [-0.3, -0.25) is 19.7 Å². The van der Waals surface area contributed by atoms with Crippen molar-refractivity contribution >= 4 is 17.5 Å². The minimum Gasteiger partial charge on any atom is -0.350 e. The van der Waals surface area contributed by atoms with Gasteiger partial charge in [0, 0.05) is 30.3 Å². The Morgan fingerprint density at radius 1 is 1.21 bits per heavy atom. The van der Waals surface area contributed by atoms with Gasteiger partial charge in [-0.1, -0.05) is 24.3 Å². The zero-order chi connectivity index (χ0) is 23.4. The van der Waals surface area contributed by atoms with Crippen molar-refractivity contribution in [1.82, 2.24) is 25.0 Å². The number of nitrogens with zero attached hydrogens (tertiary/aromatic N) is 5. The maximum Gasteiger partial charge on any atom is 0.272 e. The SMILES string of the molecule is Cc1cc(C(=O)N2CCCC2C(=O)NCc2ccccc2Cn2cncn2)ccc1[N+](=O)[O-]. The second-order valence-corrected chi connectivity index (χ2v) is 7.99. The lowest BCUT2D eigenvalue weighted by Gasteiger charge is -2.24. The van der Waals surface area contributed by atoms with Gasteiger partial charge in [0.15, 0.2) is 0 Å². The number of rotatable bonds is 7. The Bertz CT molecular complexity index is 1180. The number of amides is 2. The van der Waals surface area contributed by atoms with Crippen LogP contribution in [0.4, 0.5) is 5.69 Å². The Balaban J connectivity index is 1.43. The molecule has 1 aliphatic heterocycles. The summed E-state index contributed by atoms with van der Waals surface area (Å²) in [7, 11) is 0. The van der Waals surface area contributed by atoms with Crippen molar-refractivity contribution in [2.45, 2.75) is 38.9 Å². The summed E-state index contributed by atoms with van der Waals surface area (Å²) in [5.74, 6) is -0.507. The lowest BCUT2D eigenvalue weighted by molar-refractivity contribution is -0.385. The van der Waals surface area contributed by atoms with Crippen LogP contribution in [0.1, 0.15) is 39.9 Å². The molecule has 3 aromatic rings. The monoisotopic (exact) mass is 448 g/mol. The molecule has 2 amide bonds. The van der Waals surface area contributed by atoms with Crippen LogP contribution in [0.2, 0.25) is 0 Å². The molecular weight excluding hydrogens is 424 g/mol. The van der Waals surface area contributed by atoms with Gasteiger partial charge in [-0.05, 0) is 43.0 Å². The number of nitro benzene ring substituents is 1. The van der Waals surface area contributed by atoms with E-state index in [1.54, 1.807) is 22.8 Å². The zero-order valence-electron chi connectivity index (χ0n) is 18.2. The predicted molar refractivity (Wildman–Crippen MR) is 119 cm³/mol. The van der Waals surface area contributed by atoms with Crippen molar-refractivity contribution in [2.24, 2.45) is 0 Å². The van der Waals surface area contributed by atoms with E-state index < -0.39 is 11.0 Å². The number of carbonyl (C=O) groups excluding carboxylic acids is 2. The minimum absolute atomic E-state index is 0.0353. The van der Waals surface area contributed by atoms with Gasteiger partial charge in [0.2, 0.25) is 5.91 Å². The van der Waals surface area contributed by atoms with E-state index in [0.717, 1.165) is 17.5 Å². The van der Waals surface area contributed by atoms with Crippen LogP contribution in [0.5, 0.6) is 0 Å². The van der Waals surface area contributed by atoms with Crippen molar-refractivity contribution < 1.29 is 14.5 Å². The Morgan fingerprint density at radius 3 is 2.70 bits per heavy atom. The molecule has 1 unspecified atom stereocenters. The molecule has 10 nitrogen and oxygen atoms in total. The van der Waals surface area contributed by atoms with Crippen molar-refractivity contribution in [3.63, 3.8) is 0 Å². The van der Waals surface area contributed by atoms with Gasteiger partial charge >= 0.3 is 0 Å². The number of aromatic nitrogens is 3. The fourth-order valence-electron chi connectivity index (χ4n) is 4.11. The maximum atomic E-state index is 13.1. The molecule has 1 saturated heterocycles. The Kier molecular flexibility index (Phi) is 6.43. The quantitative estimate of drug-likeness (QED) is 0.437. The summed E-state index contributed by atoms with van der Waals surface area (Å²) in [6.07, 6.45) is 4.41. The highest BCUT2D eigenvalue weighted by atomic mass is 16.6. The van der Waals surface area contributed by atoms with E-state index in [-0.39, 0.29) is 17.5 Å². The van der Waals surface area contributed by atoms with Gasteiger partial charge in [0.1, 0.15) is 18.7 Å². The van der Waals surface area contributed by atoms with Crippen molar-refractivity contribution in [1.29, 1.82) is 0 Å². The summed E-state index contributed by atoms with van der Waals surface area (Å²) in [6.45, 7) is 2.94. The van der Waals surface area contributed by atoms with E-state index >= 15 is 0 Å². The van der Waals surface area contributed by atoms with Crippen molar-refractivity contribution in [3.8, 4) is 0 Å². The van der Waals surface area contributed by atoms with Crippen LogP contribution in [0.15, 0.2) is 55.1 Å². The maximum absolute atomic E-state index is 13.1. The second-order valence-electron chi connectivity index (χ2n) is 7.99. The Morgan fingerprint density at radius 2 is 2.00 bits per heavy atom. The first-order valence-corrected chi connectivity index (χ1v) is 10.7. The van der Waals surface area contributed by atoms with Crippen LogP contribution in [0.25, 0.3) is 0 Å². The molecule has 0 saturated carbocycles. The fraction of sp³-hybridized carbons (Fsp3) is 0.304. The number of benzene rings is 2. The first-order chi connectivity index (χ1) is 15.9. The molecule has 2 heterocycles. The van der Waals surface area contributed by atoms with Gasteiger partial charge in [-0.25, -0.2) is 9.67 Å². The summed E-state index contributed by atoms with van der Waals surface area (Å²) < 4.78 is 1.71. The molecule has 1 N–H and O–H groups in total. The molecule has 0 radical (unpaired) electrons. The van der Waals surface area contributed by atoms with Gasteiger partial charge in [0.05, 0.1) is 11.5 Å². The highest BCUT2D eigenvalue weighted by Gasteiger charge is 2.34. The Hall–Kier alpha value is -4.08. The number of nitro groups is 1. The zero-order valence-corrected chi connectivity index (χ0v) is 18.2. The van der Waals surface area contributed by atoms with Crippen LogP contribution in [-0.2, 0) is 17.9 Å². The number of hydrogen-bond donors (Lipinski definition) is 1. The van der Waals surface area contributed by atoms with E-state index in [1.807, 2.05) is 24.3 Å². The number of aryl methyl sites for hydroxylation is 1. The summed E-state index contributed by atoms with van der Waals surface area (Å²) in [4.78, 5) is 42.1. The largest absolute Gasteiger partial charge is 0.350 e. The molecular formula is C23H24N6O4. The lowest BCUT2D eigenvalue weighted by Crippen LogP contribution is -2.45. The number of carbonyl (C=O) groups is 2. The topological polar surface area (TPSA) is 123 Å². The smallest absolute Gasteiger partial charge is 0.272 e. The molecule has 0 spiro atoms. The summed E-state index contributed by atoms with van der Waals surface area (Å²) in [5, 5.41) is 18.1. The number of nitrogens with one attached hydrogen (secondary N) is 1. The second kappa shape index (κ2) is 9.60. The molecule has 1 fully saturated rings. The van der Waals surface area contributed by atoms with Crippen LogP contribution < -0.4 is 5.32 Å². The van der Waals surface area contributed by atoms with Gasteiger partial charge in [-0.15, -0.1) is 0 Å².